The number of hydrogen-bond acceptors (Lipinski definition) is 2. The molecule has 0 aliphatic carbocycles. The van der Waals surface area contributed by atoms with Crippen LogP contribution in [0.5, 0.6) is 0 Å². The summed E-state index contributed by atoms with van der Waals surface area (Å²) in [5.41, 5.74) is 4.71. The average Bonchev–Trinajstić information content (AvgIpc) is 2.75. The summed E-state index contributed by atoms with van der Waals surface area (Å²) in [5.74, 6) is -0.104. The Hall–Kier alpha value is -2.62. The number of carbonyl (C=O) groups excluding carboxylic acids is 2. The average molecular weight is 437 g/mol. The standard InChI is InChI=1S/C28H40N2O2/c1-8-21(3)29-27(32)22(4)30(19-24-11-9-10-20(2)18-24)26(31)17-14-23-12-15-25(16-13-23)28(5,6)7/h9-13,15-16,18,21-22H,8,14,17,19H2,1-7H3,(H,29,32). The Labute approximate surface area is 194 Å². The Morgan fingerprint density at radius 1 is 1.00 bits per heavy atom. The zero-order valence-corrected chi connectivity index (χ0v) is 20.9. The topological polar surface area (TPSA) is 49.4 Å². The largest absolute Gasteiger partial charge is 0.352 e. The molecule has 0 aliphatic rings. The molecule has 0 fully saturated rings. The van der Waals surface area contributed by atoms with E-state index in [9.17, 15) is 9.59 Å². The minimum atomic E-state index is -0.528. The molecule has 2 aromatic rings. The maximum Gasteiger partial charge on any atom is 0.242 e. The van der Waals surface area contributed by atoms with Crippen molar-refractivity contribution >= 4 is 11.8 Å². The molecule has 2 atom stereocenters. The predicted octanol–water partition coefficient (Wildman–Crippen LogP) is 5.56. The molecule has 0 heterocycles. The van der Waals surface area contributed by atoms with Crippen LogP contribution in [0.25, 0.3) is 0 Å². The lowest BCUT2D eigenvalue weighted by Gasteiger charge is -2.30. The molecule has 4 nitrogen and oxygen atoms in total. The van der Waals surface area contributed by atoms with Crippen molar-refractivity contribution in [2.24, 2.45) is 0 Å². The molecule has 0 bridgehead atoms. The van der Waals surface area contributed by atoms with Crippen LogP contribution in [0.1, 0.15) is 76.6 Å². The highest BCUT2D eigenvalue weighted by molar-refractivity contribution is 5.87. The third-order valence-corrected chi connectivity index (χ3v) is 6.05. The lowest BCUT2D eigenvalue weighted by atomic mass is 9.86. The van der Waals surface area contributed by atoms with Crippen molar-refractivity contribution in [1.29, 1.82) is 0 Å². The van der Waals surface area contributed by atoms with Crippen LogP contribution in [0.2, 0.25) is 0 Å². The van der Waals surface area contributed by atoms with Gasteiger partial charge in [0, 0.05) is 19.0 Å². The van der Waals surface area contributed by atoms with Crippen molar-refractivity contribution in [2.45, 2.75) is 91.8 Å². The minimum absolute atomic E-state index is 0.00166. The fraction of sp³-hybridized carbons (Fsp3) is 0.500. The Balaban J connectivity index is 2.14. The lowest BCUT2D eigenvalue weighted by molar-refractivity contribution is -0.140. The van der Waals surface area contributed by atoms with E-state index < -0.39 is 6.04 Å². The first-order chi connectivity index (χ1) is 15.0. The van der Waals surface area contributed by atoms with Gasteiger partial charge in [0.25, 0.3) is 0 Å². The predicted molar refractivity (Wildman–Crippen MR) is 133 cm³/mol. The summed E-state index contributed by atoms with van der Waals surface area (Å²) in [6.45, 7) is 14.9. The summed E-state index contributed by atoms with van der Waals surface area (Å²) >= 11 is 0. The molecule has 2 unspecified atom stereocenters. The van der Waals surface area contributed by atoms with Gasteiger partial charge in [-0.1, -0.05) is 81.8 Å². The number of aryl methyl sites for hydroxylation is 2. The Bertz CT molecular complexity index is 896. The summed E-state index contributed by atoms with van der Waals surface area (Å²) in [5, 5.41) is 3.02. The Morgan fingerprint density at radius 2 is 1.66 bits per heavy atom. The first-order valence-corrected chi connectivity index (χ1v) is 11.8. The molecule has 4 heteroatoms. The van der Waals surface area contributed by atoms with Crippen molar-refractivity contribution in [2.75, 3.05) is 0 Å². The first kappa shape index (κ1) is 25.6. The van der Waals surface area contributed by atoms with Gasteiger partial charge < -0.3 is 10.2 Å². The quantitative estimate of drug-likeness (QED) is 0.560. The molecule has 0 saturated carbocycles. The smallest absolute Gasteiger partial charge is 0.242 e. The van der Waals surface area contributed by atoms with Crippen LogP contribution < -0.4 is 5.32 Å². The number of nitrogens with one attached hydrogen (secondary N) is 1. The molecule has 2 amide bonds. The molecule has 0 aromatic heterocycles. The molecule has 32 heavy (non-hydrogen) atoms. The van der Waals surface area contributed by atoms with E-state index >= 15 is 0 Å². The number of rotatable bonds is 9. The van der Waals surface area contributed by atoms with Crippen molar-refractivity contribution in [3.63, 3.8) is 0 Å². The summed E-state index contributed by atoms with van der Waals surface area (Å²) < 4.78 is 0. The van der Waals surface area contributed by atoms with Crippen LogP contribution in [0.3, 0.4) is 0 Å². The van der Waals surface area contributed by atoms with Crippen molar-refractivity contribution in [3.05, 3.63) is 70.8 Å². The molecule has 2 aromatic carbocycles. The van der Waals surface area contributed by atoms with E-state index in [0.717, 1.165) is 23.1 Å². The van der Waals surface area contributed by atoms with Gasteiger partial charge in [0.1, 0.15) is 6.04 Å². The lowest BCUT2D eigenvalue weighted by Crippen LogP contribution is -2.49. The van der Waals surface area contributed by atoms with E-state index in [4.69, 9.17) is 0 Å². The highest BCUT2D eigenvalue weighted by Gasteiger charge is 2.26. The van der Waals surface area contributed by atoms with Crippen LogP contribution in [0.15, 0.2) is 48.5 Å². The van der Waals surface area contributed by atoms with Crippen LogP contribution in [-0.2, 0) is 28.0 Å². The number of benzene rings is 2. The van der Waals surface area contributed by atoms with Gasteiger partial charge in [0.15, 0.2) is 0 Å². The van der Waals surface area contributed by atoms with Gasteiger partial charge in [-0.15, -0.1) is 0 Å². The van der Waals surface area contributed by atoms with E-state index in [0.29, 0.717) is 19.4 Å². The second-order valence-corrected chi connectivity index (χ2v) is 9.95. The second kappa shape index (κ2) is 11.3. The van der Waals surface area contributed by atoms with E-state index in [-0.39, 0.29) is 23.3 Å². The molecule has 0 saturated heterocycles. The van der Waals surface area contributed by atoms with Gasteiger partial charge in [-0.05, 0) is 55.7 Å². The fourth-order valence-corrected chi connectivity index (χ4v) is 3.62. The van der Waals surface area contributed by atoms with Gasteiger partial charge in [0.2, 0.25) is 11.8 Å². The zero-order valence-electron chi connectivity index (χ0n) is 20.9. The fourth-order valence-electron chi connectivity index (χ4n) is 3.62. The van der Waals surface area contributed by atoms with Crippen LogP contribution in [0, 0.1) is 6.92 Å². The van der Waals surface area contributed by atoms with Crippen LogP contribution in [-0.4, -0.2) is 28.8 Å². The van der Waals surface area contributed by atoms with Gasteiger partial charge in [-0.3, -0.25) is 9.59 Å². The molecule has 0 aliphatic heterocycles. The minimum Gasteiger partial charge on any atom is -0.352 e. The summed E-state index contributed by atoms with van der Waals surface area (Å²) in [6, 6.07) is 16.2. The number of carbonyl (C=O) groups is 2. The molecule has 2 rings (SSSR count). The monoisotopic (exact) mass is 436 g/mol. The van der Waals surface area contributed by atoms with Crippen LogP contribution >= 0.6 is 0 Å². The first-order valence-electron chi connectivity index (χ1n) is 11.8. The summed E-state index contributed by atoms with van der Waals surface area (Å²) in [6.07, 6.45) is 1.89. The third-order valence-electron chi connectivity index (χ3n) is 6.05. The second-order valence-electron chi connectivity index (χ2n) is 9.95. The molecular formula is C28H40N2O2. The normalized spacial score (nSPS) is 13.3. The van der Waals surface area contributed by atoms with Gasteiger partial charge in [-0.25, -0.2) is 0 Å². The third kappa shape index (κ3) is 7.51. The van der Waals surface area contributed by atoms with E-state index in [1.807, 2.05) is 45.9 Å². The van der Waals surface area contributed by atoms with E-state index in [2.05, 4.69) is 56.4 Å². The van der Waals surface area contributed by atoms with Crippen molar-refractivity contribution in [1.82, 2.24) is 10.2 Å². The highest BCUT2D eigenvalue weighted by Crippen LogP contribution is 2.23. The highest BCUT2D eigenvalue weighted by atomic mass is 16.2. The van der Waals surface area contributed by atoms with Crippen LogP contribution in [0.4, 0.5) is 0 Å². The molecule has 1 N–H and O–H groups in total. The van der Waals surface area contributed by atoms with Crippen molar-refractivity contribution in [3.8, 4) is 0 Å². The zero-order chi connectivity index (χ0) is 23.9. The SMILES string of the molecule is CCC(C)NC(=O)C(C)N(Cc1cccc(C)c1)C(=O)CCc1ccc(C(C)(C)C)cc1. The van der Waals surface area contributed by atoms with Crippen molar-refractivity contribution < 1.29 is 9.59 Å². The summed E-state index contributed by atoms with van der Waals surface area (Å²) in [7, 11) is 0. The maximum atomic E-state index is 13.3. The van der Waals surface area contributed by atoms with E-state index in [1.165, 1.54) is 5.56 Å². The maximum absolute atomic E-state index is 13.3. The molecule has 174 valence electrons. The Kier molecular flexibility index (Phi) is 9.06. The molecule has 0 spiro atoms. The van der Waals surface area contributed by atoms with Gasteiger partial charge >= 0.3 is 0 Å². The Morgan fingerprint density at radius 3 is 2.22 bits per heavy atom. The van der Waals surface area contributed by atoms with E-state index in [1.54, 1.807) is 4.90 Å². The van der Waals surface area contributed by atoms with Gasteiger partial charge in [0.05, 0.1) is 0 Å². The number of hydrogen-bond donors (Lipinski definition) is 1. The molecular weight excluding hydrogens is 396 g/mol. The van der Waals surface area contributed by atoms with Gasteiger partial charge in [-0.2, -0.15) is 0 Å². The summed E-state index contributed by atoms with van der Waals surface area (Å²) in [4.78, 5) is 27.8. The number of amides is 2. The number of nitrogens with zero attached hydrogens (tertiary/aromatic N) is 1. The molecule has 0 radical (unpaired) electrons.